The Hall–Kier alpha value is -4.04. The first-order valence-corrected chi connectivity index (χ1v) is 16.9. The van der Waals surface area contributed by atoms with Crippen LogP contribution in [0.4, 0.5) is 5.82 Å². The fraction of sp³-hybridized carbons (Fsp3) is 0.516. The summed E-state index contributed by atoms with van der Waals surface area (Å²) in [5.74, 6) is -1.54. The van der Waals surface area contributed by atoms with Crippen molar-refractivity contribution < 1.29 is 46.9 Å². The van der Waals surface area contributed by atoms with Gasteiger partial charge in [-0.25, -0.2) is 14.1 Å². The zero-order chi connectivity index (χ0) is 34.1. The molecule has 1 saturated carbocycles. The van der Waals surface area contributed by atoms with E-state index in [0.29, 0.717) is 11.2 Å². The van der Waals surface area contributed by atoms with Crippen LogP contribution >= 0.6 is 7.75 Å². The number of nitrogen functional groups attached to an aromatic ring is 1. The maximum absolute atomic E-state index is 14.5. The summed E-state index contributed by atoms with van der Waals surface area (Å²) in [4.78, 5) is 42.1. The van der Waals surface area contributed by atoms with E-state index in [0.717, 1.165) is 12.8 Å². The number of para-hydroxylation sites is 1. The summed E-state index contributed by atoms with van der Waals surface area (Å²) >= 11 is 0. The lowest BCUT2D eigenvalue weighted by atomic mass is 10.0. The van der Waals surface area contributed by atoms with Crippen LogP contribution in [-0.2, 0) is 42.4 Å². The van der Waals surface area contributed by atoms with E-state index >= 15 is 0 Å². The lowest BCUT2D eigenvalue weighted by molar-refractivity contribution is -0.174. The molecule has 16 heteroatoms. The molecule has 3 aromatic rings. The third kappa shape index (κ3) is 6.45. The first-order valence-electron chi connectivity index (χ1n) is 15.4. The van der Waals surface area contributed by atoms with E-state index in [1.807, 2.05) is 13.8 Å². The Morgan fingerprint density at radius 3 is 2.45 bits per heavy atom. The van der Waals surface area contributed by atoms with E-state index in [9.17, 15) is 18.9 Å². The molecular weight excluding hydrogens is 633 g/mol. The highest BCUT2D eigenvalue weighted by molar-refractivity contribution is 7.52. The third-order valence-electron chi connectivity index (χ3n) is 8.59. The van der Waals surface area contributed by atoms with Crippen molar-refractivity contribution in [3.8, 4) is 5.75 Å². The van der Waals surface area contributed by atoms with Gasteiger partial charge in [-0.1, -0.05) is 44.9 Å². The number of nitrogens with zero attached hydrogens (tertiary/aromatic N) is 3. The lowest BCUT2D eigenvalue weighted by Gasteiger charge is -2.30. The molecule has 1 unspecified atom stereocenters. The molecule has 0 amide bonds. The molecule has 1 aliphatic heterocycles. The van der Waals surface area contributed by atoms with Crippen LogP contribution in [-0.4, -0.2) is 68.6 Å². The maximum atomic E-state index is 14.5. The number of rotatable bonds is 14. The highest BCUT2D eigenvalue weighted by Gasteiger charge is 2.91. The summed E-state index contributed by atoms with van der Waals surface area (Å²) in [6, 6.07) is 10.4. The highest BCUT2D eigenvalue weighted by atomic mass is 31.2. The van der Waals surface area contributed by atoms with Crippen molar-refractivity contribution in [1.29, 1.82) is 0 Å². The minimum absolute atomic E-state index is 0.172. The standard InChI is InChI=1S/C31H40N5O10P/c1-7-21(8-2)16-41-28(39)18(3)35-47(40,45-22-12-10-9-11-13-22)46-29-30(6)31(29,43-20(5)38)26(42-19(4)37)25(44-30)23-14-15-24-27(32)33-17-34-36(23)24/h9-15,17-18,21,25-26,29H,7-8,16H2,1-6H3,(H,35,40)(H2,32,33,34)/t18-,25-,26-,29?,30+,31+,47+/m0/s1. The molecule has 47 heavy (non-hydrogen) atoms. The third-order valence-corrected chi connectivity index (χ3v) is 10.2. The monoisotopic (exact) mass is 673 g/mol. The number of esters is 3. The number of nitrogens with one attached hydrogen (secondary N) is 1. The Bertz CT molecular complexity index is 1680. The summed E-state index contributed by atoms with van der Waals surface area (Å²) in [7, 11) is -4.48. The van der Waals surface area contributed by atoms with Crippen LogP contribution < -0.4 is 15.3 Å². The molecule has 1 saturated heterocycles. The van der Waals surface area contributed by atoms with Gasteiger partial charge in [0.2, 0.25) is 5.60 Å². The van der Waals surface area contributed by atoms with E-state index in [1.165, 1.54) is 31.6 Å². The molecule has 5 rings (SSSR count). The molecule has 2 fully saturated rings. The second-order valence-electron chi connectivity index (χ2n) is 11.8. The van der Waals surface area contributed by atoms with E-state index in [-0.39, 0.29) is 24.1 Å². The molecule has 2 aliphatic rings. The molecule has 0 spiro atoms. The van der Waals surface area contributed by atoms with Crippen molar-refractivity contribution in [2.24, 2.45) is 5.92 Å². The van der Waals surface area contributed by atoms with Gasteiger partial charge < -0.3 is 29.2 Å². The second-order valence-corrected chi connectivity index (χ2v) is 13.5. The largest absolute Gasteiger partial charge is 0.464 e. The topological polar surface area (TPSA) is 192 Å². The first kappa shape index (κ1) is 34.3. The van der Waals surface area contributed by atoms with Crippen LogP contribution in [0.5, 0.6) is 5.75 Å². The molecular formula is C31H40N5O10P. The number of aromatic nitrogens is 3. The summed E-state index contributed by atoms with van der Waals surface area (Å²) in [6.07, 6.45) is -0.695. The summed E-state index contributed by atoms with van der Waals surface area (Å²) in [6.45, 7) is 9.63. The van der Waals surface area contributed by atoms with Gasteiger partial charge in [-0.15, -0.1) is 0 Å². The Morgan fingerprint density at radius 2 is 1.81 bits per heavy atom. The number of hydrogen-bond acceptors (Lipinski definition) is 13. The van der Waals surface area contributed by atoms with Gasteiger partial charge in [0.25, 0.3) is 0 Å². The highest BCUT2D eigenvalue weighted by Crippen LogP contribution is 2.70. The number of carbonyl (C=O) groups is 3. The van der Waals surface area contributed by atoms with Crippen LogP contribution in [0.2, 0.25) is 0 Å². The number of hydrogen-bond donors (Lipinski definition) is 2. The molecule has 3 N–H and O–H groups in total. The zero-order valence-electron chi connectivity index (χ0n) is 27.1. The molecule has 15 nitrogen and oxygen atoms in total. The number of fused-ring (bicyclic) bond motifs is 2. The van der Waals surface area contributed by atoms with Crippen molar-refractivity contribution in [2.75, 3.05) is 12.3 Å². The van der Waals surface area contributed by atoms with Crippen molar-refractivity contribution in [3.63, 3.8) is 0 Å². The summed E-state index contributed by atoms with van der Waals surface area (Å²) in [5.41, 5.74) is 3.63. The van der Waals surface area contributed by atoms with E-state index in [1.54, 1.807) is 49.4 Å². The van der Waals surface area contributed by atoms with Gasteiger partial charge >= 0.3 is 25.7 Å². The smallest absolute Gasteiger partial charge is 0.459 e. The number of anilines is 1. The van der Waals surface area contributed by atoms with Crippen LogP contribution in [0.25, 0.3) is 5.52 Å². The number of benzene rings is 1. The van der Waals surface area contributed by atoms with Gasteiger partial charge in [0.15, 0.2) is 11.9 Å². The minimum Gasteiger partial charge on any atom is -0.464 e. The number of ether oxygens (including phenoxy) is 4. The van der Waals surface area contributed by atoms with Crippen molar-refractivity contribution in [1.82, 2.24) is 19.7 Å². The number of nitrogens with two attached hydrogens (primary N) is 1. The Balaban J connectivity index is 1.49. The maximum Gasteiger partial charge on any atom is 0.459 e. The molecule has 0 bridgehead atoms. The normalized spacial score (nSPS) is 26.7. The van der Waals surface area contributed by atoms with Crippen LogP contribution in [0.15, 0.2) is 48.8 Å². The summed E-state index contributed by atoms with van der Waals surface area (Å²) < 4.78 is 51.7. The molecule has 2 aromatic heterocycles. The van der Waals surface area contributed by atoms with Gasteiger partial charge in [0.05, 0.1) is 12.3 Å². The molecule has 1 aliphatic carbocycles. The SMILES string of the molecule is CCC(CC)COC(=O)[C@H](C)N[P@@](=O)(Oc1ccccc1)OC1[C@@]2(C)O[C@@H](c3ccc4c(N)ncnn34)[C@H](OC(C)=O)[C@@]12OC(C)=O. The molecule has 3 heterocycles. The van der Waals surface area contributed by atoms with Gasteiger partial charge in [-0.3, -0.25) is 18.9 Å². The lowest BCUT2D eigenvalue weighted by Crippen LogP contribution is -2.43. The Labute approximate surface area is 272 Å². The minimum atomic E-state index is -4.48. The van der Waals surface area contributed by atoms with Crippen LogP contribution in [0.1, 0.15) is 66.2 Å². The predicted octanol–water partition coefficient (Wildman–Crippen LogP) is 3.92. The number of carbonyl (C=O) groups excluding carboxylic acids is 3. The molecule has 7 atom stereocenters. The van der Waals surface area contributed by atoms with Crippen molar-refractivity contribution in [2.45, 2.75) is 89.9 Å². The average Bonchev–Trinajstić information content (AvgIpc) is 3.29. The summed E-state index contributed by atoms with van der Waals surface area (Å²) in [5, 5.41) is 6.94. The van der Waals surface area contributed by atoms with Crippen LogP contribution in [0.3, 0.4) is 0 Å². The first-order chi connectivity index (χ1) is 22.3. The average molecular weight is 674 g/mol. The van der Waals surface area contributed by atoms with E-state index < -0.39 is 61.2 Å². The van der Waals surface area contributed by atoms with Crippen molar-refractivity contribution in [3.05, 3.63) is 54.5 Å². The quantitative estimate of drug-likeness (QED) is 0.142. The van der Waals surface area contributed by atoms with Crippen LogP contribution in [0, 0.1) is 5.92 Å². The van der Waals surface area contributed by atoms with Gasteiger partial charge in [-0.2, -0.15) is 10.2 Å². The Kier molecular flexibility index (Phi) is 9.65. The van der Waals surface area contributed by atoms with Gasteiger partial charge in [0, 0.05) is 13.8 Å². The Morgan fingerprint density at radius 1 is 1.11 bits per heavy atom. The predicted molar refractivity (Wildman–Crippen MR) is 167 cm³/mol. The second kappa shape index (κ2) is 13.2. The molecule has 254 valence electrons. The van der Waals surface area contributed by atoms with E-state index in [4.69, 9.17) is 33.7 Å². The fourth-order valence-electron chi connectivity index (χ4n) is 6.02. The fourth-order valence-corrected chi connectivity index (χ4v) is 7.79. The zero-order valence-corrected chi connectivity index (χ0v) is 28.0. The molecule has 1 aromatic carbocycles. The van der Waals surface area contributed by atoms with E-state index in [2.05, 4.69) is 15.2 Å². The molecule has 0 radical (unpaired) electrons. The van der Waals surface area contributed by atoms with Crippen molar-refractivity contribution >= 4 is 37.0 Å². The van der Waals surface area contributed by atoms with Gasteiger partial charge in [-0.05, 0) is 44.0 Å². The van der Waals surface area contributed by atoms with Gasteiger partial charge in [0.1, 0.15) is 41.4 Å².